The van der Waals surface area contributed by atoms with Crippen molar-refractivity contribution in [3.8, 4) is 0 Å². The van der Waals surface area contributed by atoms with Gasteiger partial charge in [-0.1, -0.05) is 13.8 Å². The Morgan fingerprint density at radius 3 is 2.53 bits per heavy atom. The molecule has 0 radical (unpaired) electrons. The van der Waals surface area contributed by atoms with Crippen molar-refractivity contribution in [3.05, 3.63) is 66.4 Å². The number of alkyl carbamates (subject to hydrolysis) is 1. The molecule has 3 aliphatic heterocycles. The van der Waals surface area contributed by atoms with Gasteiger partial charge in [-0.15, -0.1) is 0 Å². The number of rotatable bonds is 15. The summed E-state index contributed by atoms with van der Waals surface area (Å²) in [5.74, 6) is 0.348. The first-order valence-electron chi connectivity index (χ1n) is 20.7. The number of esters is 2. The molecule has 3 aliphatic rings. The van der Waals surface area contributed by atoms with Crippen molar-refractivity contribution in [1.29, 1.82) is 0 Å². The third-order valence-electron chi connectivity index (χ3n) is 10.8. The minimum absolute atomic E-state index is 0.00579. The van der Waals surface area contributed by atoms with E-state index in [1.165, 1.54) is 13.4 Å². The van der Waals surface area contributed by atoms with E-state index in [9.17, 15) is 19.5 Å². The van der Waals surface area contributed by atoms with Crippen molar-refractivity contribution in [1.82, 2.24) is 10.3 Å². The number of methoxy groups -OCH3 is 2. The van der Waals surface area contributed by atoms with Gasteiger partial charge in [0.2, 0.25) is 0 Å². The summed E-state index contributed by atoms with van der Waals surface area (Å²) in [7, 11) is 3.00. The van der Waals surface area contributed by atoms with Crippen molar-refractivity contribution in [3.63, 3.8) is 0 Å². The van der Waals surface area contributed by atoms with Crippen LogP contribution in [0.4, 0.5) is 4.79 Å². The van der Waals surface area contributed by atoms with Gasteiger partial charge >= 0.3 is 301 Å². The van der Waals surface area contributed by atoms with Crippen LogP contribution in [0.5, 0.6) is 0 Å². The number of hydrogen-bond donors (Lipinski definition) is 2. The number of cyclic esters (lactones) is 1. The van der Waals surface area contributed by atoms with E-state index in [4.69, 9.17) is 28.1 Å². The molecule has 1 aromatic heterocycles. The van der Waals surface area contributed by atoms with Crippen molar-refractivity contribution >= 4 is 43.5 Å². The average Bonchev–Trinajstić information content (AvgIpc) is 3.65. The first kappa shape index (κ1) is 45.6. The number of benzene rings is 1. The van der Waals surface area contributed by atoms with E-state index < -0.39 is 56.3 Å². The van der Waals surface area contributed by atoms with Crippen LogP contribution < -0.4 is 9.78 Å². The predicted molar refractivity (Wildman–Crippen MR) is 218 cm³/mol. The monoisotopic (exact) mass is 874 g/mol. The van der Waals surface area contributed by atoms with Gasteiger partial charge in [-0.2, -0.15) is 0 Å². The third kappa shape index (κ3) is 14.9. The standard InChI is InChI=1S/C44H62N2O11Se/c1-28(2)11-9-12-31-21-32-18-16-29(3)39(55-32)25-33(51-4)22-34-23-35(24-36(54-34)26-41(48)56-31)57-43(49)42(58-37-13-7-6-8-14-37)38(47)19-17-30-27-53-40(46-30)15-10-20-45-44(50)52-5/h6-10,12-15,27-29,31-36,38-39,42,47H,11,16-26H2,1-5H3,(H,45,50)/b12-9+,15-10-/t29-,31-,32-,33-,34+,35+,36+,38+,39+,42-/m0/s1. The first-order valence-corrected chi connectivity index (χ1v) is 22.5. The van der Waals surface area contributed by atoms with Gasteiger partial charge in [0, 0.05) is 0 Å². The van der Waals surface area contributed by atoms with Gasteiger partial charge in [0.05, 0.1) is 7.11 Å². The molecule has 320 valence electrons. The van der Waals surface area contributed by atoms with E-state index in [0.717, 1.165) is 23.7 Å². The van der Waals surface area contributed by atoms with Gasteiger partial charge in [0.15, 0.2) is 0 Å². The fraction of sp³-hybridized carbons (Fsp3) is 0.636. The molecule has 2 N–H and O–H groups in total. The molecule has 5 rings (SSSR count). The van der Waals surface area contributed by atoms with Gasteiger partial charge in [0.1, 0.15) is 0 Å². The molecule has 2 aromatic rings. The van der Waals surface area contributed by atoms with Crippen molar-refractivity contribution in [2.45, 2.75) is 145 Å². The zero-order valence-corrected chi connectivity index (χ0v) is 36.2. The Morgan fingerprint density at radius 2 is 1.78 bits per heavy atom. The van der Waals surface area contributed by atoms with E-state index in [-0.39, 0.29) is 49.8 Å². The molecule has 58 heavy (non-hydrogen) atoms. The number of carbonyl (C=O) groups excluding carboxylic acids is 3. The Bertz CT molecular complexity index is 1630. The Morgan fingerprint density at radius 1 is 1.00 bits per heavy atom. The average molecular weight is 874 g/mol. The van der Waals surface area contributed by atoms with Crippen molar-refractivity contribution in [2.24, 2.45) is 11.8 Å². The Labute approximate surface area is 349 Å². The molecule has 1 aromatic carbocycles. The van der Waals surface area contributed by atoms with Crippen LogP contribution >= 0.6 is 0 Å². The number of aliphatic hydroxyl groups is 1. The normalized spacial score (nSPS) is 28.1. The number of aliphatic hydroxyl groups excluding tert-OH is 1. The molecule has 13 nitrogen and oxygen atoms in total. The number of ether oxygens (including phenoxy) is 6. The number of aryl methyl sites for hydroxylation is 1. The molecule has 3 saturated heterocycles. The van der Waals surface area contributed by atoms with Gasteiger partial charge in [0.25, 0.3) is 0 Å². The summed E-state index contributed by atoms with van der Waals surface area (Å²) in [5, 5.41) is 14.1. The number of oxazole rings is 1. The SMILES string of the molecule is COC(=O)NC/C=C\c1nc(CC[C@@H](O)[C@H]([Se]c2ccccc2)C(=O)O[C@@H]2C[C@H]3C[C@H](OC)C[C@H]4O[C@@H](CC[C@@H]4C)C[C@H](/C=C/CC(C)C)OC(=O)C[C@@H](C2)O3)co1. The minimum atomic E-state index is -1.01. The molecular formula is C44H62N2O11Se. The maximum atomic E-state index is 14.2. The molecule has 4 bridgehead atoms. The number of carbonyl (C=O) groups is 3. The molecule has 0 aliphatic carbocycles. The summed E-state index contributed by atoms with van der Waals surface area (Å²) in [6.07, 6.45) is 11.5. The van der Waals surface area contributed by atoms with Crippen molar-refractivity contribution < 1.29 is 52.3 Å². The van der Waals surface area contributed by atoms with Crippen LogP contribution in [-0.4, -0.2) is 113 Å². The Kier molecular flexibility index (Phi) is 18.3. The Hall–Kier alpha value is -3.52. The van der Waals surface area contributed by atoms with E-state index in [1.54, 1.807) is 19.3 Å². The second-order valence-corrected chi connectivity index (χ2v) is 18.6. The van der Waals surface area contributed by atoms with Crippen LogP contribution in [0.15, 0.2) is 59.2 Å². The number of allylic oxidation sites excluding steroid dienone is 1. The predicted octanol–water partition coefficient (Wildman–Crippen LogP) is 5.90. The van der Waals surface area contributed by atoms with Gasteiger partial charge in [-0.3, -0.25) is 0 Å². The summed E-state index contributed by atoms with van der Waals surface area (Å²) < 4.78 is 42.7. The van der Waals surface area contributed by atoms with Crippen LogP contribution in [0.1, 0.15) is 96.6 Å². The molecule has 3 fully saturated rings. The summed E-state index contributed by atoms with van der Waals surface area (Å²) in [6.45, 7) is 6.77. The molecule has 4 heterocycles. The van der Waals surface area contributed by atoms with Gasteiger partial charge in [-0.05, 0) is 18.8 Å². The zero-order valence-electron chi connectivity index (χ0n) is 34.5. The summed E-state index contributed by atoms with van der Waals surface area (Å²) in [5.41, 5.74) is 0.620. The number of nitrogens with zero attached hydrogens (tertiary/aromatic N) is 1. The van der Waals surface area contributed by atoms with E-state index >= 15 is 0 Å². The van der Waals surface area contributed by atoms with Crippen LogP contribution in [0.2, 0.25) is 4.82 Å². The third-order valence-corrected chi connectivity index (χ3v) is 13.6. The molecule has 0 spiro atoms. The summed E-state index contributed by atoms with van der Waals surface area (Å²) >= 11 is -0.447. The van der Waals surface area contributed by atoms with E-state index in [2.05, 4.69) is 41.9 Å². The van der Waals surface area contributed by atoms with Crippen LogP contribution in [0.3, 0.4) is 0 Å². The number of fused-ring (bicyclic) bond motifs is 4. The van der Waals surface area contributed by atoms with Gasteiger partial charge < -0.3 is 4.74 Å². The van der Waals surface area contributed by atoms with E-state index in [0.29, 0.717) is 61.9 Å². The molecule has 1 amide bonds. The van der Waals surface area contributed by atoms with Crippen LogP contribution in [0, 0.1) is 11.8 Å². The number of hydrogen-bond acceptors (Lipinski definition) is 12. The maximum absolute atomic E-state index is 14.2. The number of aromatic nitrogens is 1. The molecule has 10 atom stereocenters. The zero-order chi connectivity index (χ0) is 41.4. The Balaban J connectivity index is 1.28. The molecule has 0 saturated carbocycles. The molecular weight excluding hydrogens is 811 g/mol. The fourth-order valence-corrected chi connectivity index (χ4v) is 9.87. The molecule has 0 unspecified atom stereocenters. The van der Waals surface area contributed by atoms with Crippen LogP contribution in [0.25, 0.3) is 6.08 Å². The summed E-state index contributed by atoms with van der Waals surface area (Å²) in [4.78, 5) is 42.7. The number of amides is 1. The quantitative estimate of drug-likeness (QED) is 0.0944. The van der Waals surface area contributed by atoms with Gasteiger partial charge in [-0.25, -0.2) is 4.79 Å². The molecule has 14 heteroatoms. The van der Waals surface area contributed by atoms with Crippen molar-refractivity contribution in [2.75, 3.05) is 20.8 Å². The topological polar surface area (TPSA) is 165 Å². The van der Waals surface area contributed by atoms with E-state index in [1.807, 2.05) is 36.4 Å². The number of nitrogens with one attached hydrogen (secondary N) is 1. The second-order valence-electron chi connectivity index (χ2n) is 16.0. The second kappa shape index (κ2) is 23.3. The summed E-state index contributed by atoms with van der Waals surface area (Å²) in [6, 6.07) is 9.65. The van der Waals surface area contributed by atoms with Crippen LogP contribution in [-0.2, 0) is 44.4 Å². The fourth-order valence-electron chi connectivity index (χ4n) is 7.66. The first-order chi connectivity index (χ1) is 28.0.